The predicted octanol–water partition coefficient (Wildman–Crippen LogP) is 0.451. The number of aliphatic hydroxyl groups is 3. The Kier molecular flexibility index (Phi) is 7.58. The second kappa shape index (κ2) is 9.67. The van der Waals surface area contributed by atoms with E-state index in [1.54, 1.807) is 12.1 Å². The van der Waals surface area contributed by atoms with E-state index in [4.69, 9.17) is 5.73 Å². The molecule has 1 fully saturated rings. The van der Waals surface area contributed by atoms with Gasteiger partial charge in [-0.05, 0) is 44.4 Å². The maximum atomic E-state index is 11.0. The van der Waals surface area contributed by atoms with Crippen molar-refractivity contribution in [2.45, 2.75) is 43.9 Å². The van der Waals surface area contributed by atoms with Crippen LogP contribution in [0.4, 0.5) is 17.1 Å². The van der Waals surface area contributed by atoms with Crippen LogP contribution in [-0.4, -0.2) is 58.2 Å². The summed E-state index contributed by atoms with van der Waals surface area (Å²) in [5.41, 5.74) is 6.35. The molecule has 146 valence electrons. The van der Waals surface area contributed by atoms with Crippen LogP contribution in [0.3, 0.4) is 0 Å². The van der Waals surface area contributed by atoms with Crippen molar-refractivity contribution in [1.82, 2.24) is 5.32 Å². The van der Waals surface area contributed by atoms with E-state index in [-0.39, 0.29) is 24.3 Å². The average molecular weight is 368 g/mol. The molecule has 9 heteroatoms. The molecule has 1 aliphatic carbocycles. The molecule has 0 spiro atoms. The maximum Gasteiger partial charge on any atom is 0.294 e. The van der Waals surface area contributed by atoms with E-state index in [1.165, 1.54) is 6.07 Å². The molecule has 0 aliphatic heterocycles. The number of nitro groups is 1. The number of rotatable bonds is 9. The third-order valence-corrected chi connectivity index (χ3v) is 4.80. The van der Waals surface area contributed by atoms with Crippen molar-refractivity contribution in [2.24, 2.45) is 5.92 Å². The summed E-state index contributed by atoms with van der Waals surface area (Å²) in [6.45, 7) is 1.19. The van der Waals surface area contributed by atoms with E-state index >= 15 is 0 Å². The van der Waals surface area contributed by atoms with Gasteiger partial charge in [0.1, 0.15) is 5.69 Å². The monoisotopic (exact) mass is 368 g/mol. The molecule has 4 atom stereocenters. The van der Waals surface area contributed by atoms with Crippen molar-refractivity contribution in [2.75, 3.05) is 30.7 Å². The van der Waals surface area contributed by atoms with Gasteiger partial charge in [0.05, 0.1) is 17.1 Å². The summed E-state index contributed by atoms with van der Waals surface area (Å²) >= 11 is 0. The number of hydrogen-bond acceptors (Lipinski definition) is 8. The molecule has 0 aromatic heterocycles. The zero-order valence-electron chi connectivity index (χ0n) is 14.7. The summed E-state index contributed by atoms with van der Waals surface area (Å²) in [7, 11) is 0. The van der Waals surface area contributed by atoms with Crippen LogP contribution in [0.15, 0.2) is 18.2 Å². The minimum Gasteiger partial charge on any atom is -0.399 e. The highest BCUT2D eigenvalue weighted by Gasteiger charge is 2.34. The first kappa shape index (κ1) is 20.4. The number of nitrogens with two attached hydrogens (primary N) is 1. The van der Waals surface area contributed by atoms with Crippen molar-refractivity contribution in [3.63, 3.8) is 0 Å². The van der Waals surface area contributed by atoms with Crippen LogP contribution in [0.5, 0.6) is 0 Å². The van der Waals surface area contributed by atoms with Gasteiger partial charge >= 0.3 is 0 Å². The van der Waals surface area contributed by atoms with Gasteiger partial charge in [-0.2, -0.15) is 0 Å². The number of unbranched alkanes of at least 4 members (excludes halogenated alkanes) is 1. The fourth-order valence-corrected chi connectivity index (χ4v) is 3.32. The lowest BCUT2D eigenvalue weighted by atomic mass is 9.82. The number of nitrogens with one attached hydrogen (secondary N) is 2. The van der Waals surface area contributed by atoms with Gasteiger partial charge in [0.25, 0.3) is 5.69 Å². The normalized spacial score (nSPS) is 25.8. The van der Waals surface area contributed by atoms with Crippen LogP contribution < -0.4 is 16.4 Å². The largest absolute Gasteiger partial charge is 0.399 e. The van der Waals surface area contributed by atoms with Gasteiger partial charge in [0.2, 0.25) is 0 Å². The molecule has 0 radical (unpaired) electrons. The minimum absolute atomic E-state index is 0.0343. The van der Waals surface area contributed by atoms with E-state index in [2.05, 4.69) is 10.6 Å². The average Bonchev–Trinajstić information content (AvgIpc) is 2.61. The van der Waals surface area contributed by atoms with Gasteiger partial charge in [-0.15, -0.1) is 0 Å². The summed E-state index contributed by atoms with van der Waals surface area (Å²) < 4.78 is 0. The van der Waals surface area contributed by atoms with Crippen LogP contribution in [0.1, 0.15) is 25.7 Å². The molecule has 0 bridgehead atoms. The summed E-state index contributed by atoms with van der Waals surface area (Å²) in [5.74, 6) is -0.302. The molecule has 0 amide bonds. The quantitative estimate of drug-likeness (QED) is 0.159. The fourth-order valence-electron chi connectivity index (χ4n) is 3.32. The van der Waals surface area contributed by atoms with Gasteiger partial charge in [-0.25, -0.2) is 0 Å². The van der Waals surface area contributed by atoms with Gasteiger partial charge < -0.3 is 31.7 Å². The molecule has 0 saturated heterocycles. The Labute approximate surface area is 152 Å². The number of benzene rings is 1. The second-order valence-corrected chi connectivity index (χ2v) is 6.79. The van der Waals surface area contributed by atoms with Crippen LogP contribution in [0, 0.1) is 16.0 Å². The number of nitrogen functional groups attached to an aromatic ring is 1. The Balaban J connectivity index is 1.68. The van der Waals surface area contributed by atoms with Crippen LogP contribution in [0.2, 0.25) is 0 Å². The van der Waals surface area contributed by atoms with E-state index < -0.39 is 17.1 Å². The van der Waals surface area contributed by atoms with Gasteiger partial charge in [-0.1, -0.05) is 0 Å². The zero-order chi connectivity index (χ0) is 19.1. The molecule has 0 heterocycles. The van der Waals surface area contributed by atoms with Gasteiger partial charge in [-0.3, -0.25) is 10.1 Å². The summed E-state index contributed by atoms with van der Waals surface area (Å²) in [6.07, 6.45) is 1.09. The molecule has 2 rings (SSSR count). The zero-order valence-corrected chi connectivity index (χ0v) is 14.7. The standard InChI is InChI=1S/C17H28N4O5/c18-12-3-4-14(15(8-12)21(25)26)20-6-2-1-5-19-13-7-11(10-22)17(24)16(23)9-13/h3-4,8,11,13,16-17,19-20,22-24H,1-2,5-7,9-10,18H2/t11?,13-,16?,17+/m0/s1. The minimum atomic E-state index is -0.863. The smallest absolute Gasteiger partial charge is 0.294 e. The van der Waals surface area contributed by atoms with E-state index in [0.717, 1.165) is 19.4 Å². The third kappa shape index (κ3) is 5.53. The molecule has 7 N–H and O–H groups in total. The molecule has 1 saturated carbocycles. The predicted molar refractivity (Wildman–Crippen MR) is 98.8 cm³/mol. The van der Waals surface area contributed by atoms with E-state index in [9.17, 15) is 25.4 Å². The van der Waals surface area contributed by atoms with Crippen molar-refractivity contribution in [1.29, 1.82) is 0 Å². The second-order valence-electron chi connectivity index (χ2n) is 6.79. The Bertz CT molecular complexity index is 601. The van der Waals surface area contributed by atoms with Crippen LogP contribution in [-0.2, 0) is 0 Å². The summed E-state index contributed by atoms with van der Waals surface area (Å²) in [4.78, 5) is 10.6. The topological polar surface area (TPSA) is 154 Å². The highest BCUT2D eigenvalue weighted by atomic mass is 16.6. The molecular formula is C17H28N4O5. The van der Waals surface area contributed by atoms with E-state index in [0.29, 0.717) is 30.8 Å². The van der Waals surface area contributed by atoms with Crippen molar-refractivity contribution < 1.29 is 20.2 Å². The van der Waals surface area contributed by atoms with Crippen LogP contribution >= 0.6 is 0 Å². The summed E-state index contributed by atoms with van der Waals surface area (Å²) in [5, 5.41) is 46.3. The highest BCUT2D eigenvalue weighted by molar-refractivity contribution is 5.66. The van der Waals surface area contributed by atoms with Crippen LogP contribution in [0.25, 0.3) is 0 Å². The van der Waals surface area contributed by atoms with Gasteiger partial charge in [0.15, 0.2) is 0 Å². The highest BCUT2D eigenvalue weighted by Crippen LogP contribution is 2.27. The van der Waals surface area contributed by atoms with Crippen molar-refractivity contribution in [3.8, 4) is 0 Å². The molecular weight excluding hydrogens is 340 g/mol. The Morgan fingerprint density at radius 2 is 1.96 bits per heavy atom. The number of nitro benzene ring substituents is 1. The molecule has 26 heavy (non-hydrogen) atoms. The molecule has 1 aromatic rings. The number of aliphatic hydroxyl groups excluding tert-OH is 3. The number of anilines is 2. The Morgan fingerprint density at radius 1 is 1.23 bits per heavy atom. The van der Waals surface area contributed by atoms with Crippen molar-refractivity contribution in [3.05, 3.63) is 28.3 Å². The lowest BCUT2D eigenvalue weighted by Gasteiger charge is -2.36. The Morgan fingerprint density at radius 3 is 2.65 bits per heavy atom. The number of hydrogen-bond donors (Lipinski definition) is 6. The Hall–Kier alpha value is -1.94. The van der Waals surface area contributed by atoms with Gasteiger partial charge in [0, 0.05) is 36.9 Å². The lowest BCUT2D eigenvalue weighted by molar-refractivity contribution is -0.383. The maximum absolute atomic E-state index is 11.0. The molecule has 1 aliphatic rings. The lowest BCUT2D eigenvalue weighted by Crippen LogP contribution is -2.49. The SMILES string of the molecule is Nc1ccc(NCCCCN[C@@H]2CC(O)[C@H](O)C(CO)C2)c([N+](=O)[O-])c1. The fraction of sp³-hybridized carbons (Fsp3) is 0.647. The van der Waals surface area contributed by atoms with Crippen molar-refractivity contribution >= 4 is 17.1 Å². The first-order chi connectivity index (χ1) is 12.4. The molecule has 9 nitrogen and oxygen atoms in total. The van der Waals surface area contributed by atoms with E-state index in [1.807, 2.05) is 0 Å². The first-order valence-electron chi connectivity index (χ1n) is 8.90. The summed E-state index contributed by atoms with van der Waals surface area (Å²) in [6, 6.07) is 4.63. The first-order valence-corrected chi connectivity index (χ1v) is 8.90. The molecule has 2 unspecified atom stereocenters. The molecule has 1 aromatic carbocycles. The number of nitrogens with zero attached hydrogens (tertiary/aromatic N) is 1. The third-order valence-electron chi connectivity index (χ3n) is 4.80.